The second-order valence-corrected chi connectivity index (χ2v) is 6.21. The number of para-hydroxylation sites is 1. The Morgan fingerprint density at radius 3 is 2.48 bits per heavy atom. The molecule has 1 amide bonds. The third-order valence-corrected chi connectivity index (χ3v) is 3.26. The summed E-state index contributed by atoms with van der Waals surface area (Å²) >= 11 is 0. The number of aromatic nitrogens is 1. The van der Waals surface area contributed by atoms with E-state index in [1.807, 2.05) is 0 Å². The van der Waals surface area contributed by atoms with Crippen LogP contribution < -0.4 is 10.0 Å². The van der Waals surface area contributed by atoms with E-state index in [1.54, 1.807) is 48.8 Å². The lowest BCUT2D eigenvalue weighted by atomic mass is 10.1. The van der Waals surface area contributed by atoms with Gasteiger partial charge in [-0.05, 0) is 29.8 Å². The highest BCUT2D eigenvalue weighted by Crippen LogP contribution is 2.16. The molecule has 0 aliphatic rings. The zero-order chi connectivity index (χ0) is 15.3. The molecule has 1 aromatic carbocycles. The molecule has 1 aromatic heterocycles. The highest BCUT2D eigenvalue weighted by molar-refractivity contribution is 7.92. The van der Waals surface area contributed by atoms with Crippen LogP contribution >= 0.6 is 0 Å². The third-order valence-electron chi connectivity index (χ3n) is 2.67. The van der Waals surface area contributed by atoms with Crippen molar-refractivity contribution in [1.82, 2.24) is 10.3 Å². The smallest absolute Gasteiger partial charge is 0.253 e. The van der Waals surface area contributed by atoms with Gasteiger partial charge in [0, 0.05) is 18.9 Å². The van der Waals surface area contributed by atoms with Crippen molar-refractivity contribution in [3.63, 3.8) is 0 Å². The Kier molecular flexibility index (Phi) is 4.54. The maximum atomic E-state index is 12.2. The SMILES string of the molecule is CS(=O)(=O)Nc1ccccc1C(=O)NCc1ccncc1. The maximum absolute atomic E-state index is 12.2. The number of hydrogen-bond acceptors (Lipinski definition) is 4. The second-order valence-electron chi connectivity index (χ2n) is 4.46. The van der Waals surface area contributed by atoms with Crippen LogP contribution in [-0.4, -0.2) is 25.6 Å². The van der Waals surface area contributed by atoms with Crippen LogP contribution in [-0.2, 0) is 16.6 Å². The number of nitrogens with zero attached hydrogens (tertiary/aromatic N) is 1. The predicted octanol–water partition coefficient (Wildman–Crippen LogP) is 1.38. The van der Waals surface area contributed by atoms with E-state index in [9.17, 15) is 13.2 Å². The minimum Gasteiger partial charge on any atom is -0.348 e. The molecule has 21 heavy (non-hydrogen) atoms. The van der Waals surface area contributed by atoms with Crippen LogP contribution in [0, 0.1) is 0 Å². The molecule has 0 aliphatic carbocycles. The molecule has 0 saturated carbocycles. The van der Waals surface area contributed by atoms with Gasteiger partial charge < -0.3 is 5.32 Å². The summed E-state index contributed by atoms with van der Waals surface area (Å²) in [5.74, 6) is -0.349. The first-order valence-electron chi connectivity index (χ1n) is 6.19. The van der Waals surface area contributed by atoms with Gasteiger partial charge in [-0.25, -0.2) is 8.42 Å². The predicted molar refractivity (Wildman–Crippen MR) is 80.3 cm³/mol. The maximum Gasteiger partial charge on any atom is 0.253 e. The lowest BCUT2D eigenvalue weighted by molar-refractivity contribution is 0.0952. The van der Waals surface area contributed by atoms with Crippen LogP contribution in [0.3, 0.4) is 0 Å². The molecular formula is C14H15N3O3S. The van der Waals surface area contributed by atoms with Crippen molar-refractivity contribution < 1.29 is 13.2 Å². The fourth-order valence-electron chi connectivity index (χ4n) is 1.75. The number of sulfonamides is 1. The quantitative estimate of drug-likeness (QED) is 0.873. The first kappa shape index (κ1) is 15.0. The number of nitrogens with one attached hydrogen (secondary N) is 2. The first-order chi connectivity index (χ1) is 9.96. The fourth-order valence-corrected chi connectivity index (χ4v) is 2.33. The van der Waals surface area contributed by atoms with Crippen LogP contribution in [0.1, 0.15) is 15.9 Å². The van der Waals surface area contributed by atoms with Crippen molar-refractivity contribution in [3.05, 3.63) is 59.9 Å². The van der Waals surface area contributed by atoms with Crippen LogP contribution in [0.4, 0.5) is 5.69 Å². The summed E-state index contributed by atoms with van der Waals surface area (Å²) < 4.78 is 24.9. The standard InChI is InChI=1S/C14H15N3O3S/c1-21(19,20)17-13-5-3-2-4-12(13)14(18)16-10-11-6-8-15-9-7-11/h2-9,17H,10H2,1H3,(H,16,18). The minimum atomic E-state index is -3.44. The molecule has 6 nitrogen and oxygen atoms in total. The van der Waals surface area contributed by atoms with Crippen molar-refractivity contribution in [2.45, 2.75) is 6.54 Å². The molecule has 2 aromatic rings. The Balaban J connectivity index is 2.12. The highest BCUT2D eigenvalue weighted by atomic mass is 32.2. The van der Waals surface area contributed by atoms with E-state index in [2.05, 4.69) is 15.0 Å². The molecule has 7 heteroatoms. The van der Waals surface area contributed by atoms with Crippen LogP contribution in [0.15, 0.2) is 48.8 Å². The van der Waals surface area contributed by atoms with Crippen LogP contribution in [0.5, 0.6) is 0 Å². The molecule has 0 radical (unpaired) electrons. The zero-order valence-corrected chi connectivity index (χ0v) is 12.2. The van der Waals surface area contributed by atoms with Gasteiger partial charge >= 0.3 is 0 Å². The van der Waals surface area contributed by atoms with Crippen LogP contribution in [0.25, 0.3) is 0 Å². The van der Waals surface area contributed by atoms with Crippen molar-refractivity contribution in [2.24, 2.45) is 0 Å². The topological polar surface area (TPSA) is 88.2 Å². The van der Waals surface area contributed by atoms with Gasteiger partial charge in [0.15, 0.2) is 0 Å². The van der Waals surface area contributed by atoms with Gasteiger partial charge in [-0.3, -0.25) is 14.5 Å². The molecule has 2 rings (SSSR count). The van der Waals surface area contributed by atoms with E-state index in [0.717, 1.165) is 11.8 Å². The molecule has 0 fully saturated rings. The number of hydrogen-bond donors (Lipinski definition) is 2. The number of anilines is 1. The van der Waals surface area contributed by atoms with Gasteiger partial charge in [-0.2, -0.15) is 0 Å². The summed E-state index contributed by atoms with van der Waals surface area (Å²) in [6.45, 7) is 0.342. The molecule has 0 spiro atoms. The van der Waals surface area contributed by atoms with Gasteiger partial charge in [0.2, 0.25) is 10.0 Å². The zero-order valence-electron chi connectivity index (χ0n) is 11.4. The van der Waals surface area contributed by atoms with E-state index in [0.29, 0.717) is 6.54 Å². The number of benzene rings is 1. The average molecular weight is 305 g/mol. The molecule has 110 valence electrons. The molecule has 0 aliphatic heterocycles. The lowest BCUT2D eigenvalue weighted by Crippen LogP contribution is -2.24. The van der Waals surface area contributed by atoms with E-state index >= 15 is 0 Å². The molecule has 0 atom stereocenters. The number of amides is 1. The molecule has 0 saturated heterocycles. The normalized spacial score (nSPS) is 10.9. The van der Waals surface area contributed by atoms with Crippen molar-refractivity contribution in [2.75, 3.05) is 11.0 Å². The molecular weight excluding hydrogens is 290 g/mol. The number of rotatable bonds is 5. The molecule has 2 N–H and O–H groups in total. The van der Waals surface area contributed by atoms with E-state index < -0.39 is 10.0 Å². The second kappa shape index (κ2) is 6.36. The summed E-state index contributed by atoms with van der Waals surface area (Å²) in [5, 5.41) is 2.74. The average Bonchev–Trinajstić information content (AvgIpc) is 2.45. The molecule has 1 heterocycles. The monoisotopic (exact) mass is 305 g/mol. The Morgan fingerprint density at radius 1 is 1.14 bits per heavy atom. The Morgan fingerprint density at radius 2 is 1.81 bits per heavy atom. The van der Waals surface area contributed by atoms with Crippen molar-refractivity contribution in [3.8, 4) is 0 Å². The Bertz CT molecular complexity index is 730. The molecule has 0 unspecified atom stereocenters. The number of carbonyl (C=O) groups is 1. The minimum absolute atomic E-state index is 0.257. The third kappa shape index (κ3) is 4.57. The van der Waals surface area contributed by atoms with Crippen molar-refractivity contribution >= 4 is 21.6 Å². The fraction of sp³-hybridized carbons (Fsp3) is 0.143. The Hall–Kier alpha value is -2.41. The number of pyridine rings is 1. The van der Waals surface area contributed by atoms with Crippen molar-refractivity contribution in [1.29, 1.82) is 0 Å². The summed E-state index contributed by atoms with van der Waals surface area (Å²) in [6.07, 6.45) is 4.32. The van der Waals surface area contributed by atoms with Crippen LogP contribution in [0.2, 0.25) is 0 Å². The van der Waals surface area contributed by atoms with E-state index in [1.165, 1.54) is 0 Å². The Labute approximate surface area is 123 Å². The van der Waals surface area contributed by atoms with E-state index in [4.69, 9.17) is 0 Å². The van der Waals surface area contributed by atoms with Gasteiger partial charge in [0.05, 0.1) is 17.5 Å². The lowest BCUT2D eigenvalue weighted by Gasteiger charge is -2.11. The number of carbonyl (C=O) groups excluding carboxylic acids is 1. The molecule has 0 bridgehead atoms. The summed E-state index contributed by atoms with van der Waals surface area (Å²) in [4.78, 5) is 16.1. The van der Waals surface area contributed by atoms with Gasteiger partial charge in [0.25, 0.3) is 5.91 Å². The van der Waals surface area contributed by atoms with Gasteiger partial charge in [-0.1, -0.05) is 12.1 Å². The van der Waals surface area contributed by atoms with Gasteiger partial charge in [-0.15, -0.1) is 0 Å². The summed E-state index contributed by atoms with van der Waals surface area (Å²) in [5.41, 5.74) is 1.44. The van der Waals surface area contributed by atoms with E-state index in [-0.39, 0.29) is 17.2 Å². The highest BCUT2D eigenvalue weighted by Gasteiger charge is 2.13. The first-order valence-corrected chi connectivity index (χ1v) is 8.09. The largest absolute Gasteiger partial charge is 0.348 e. The van der Waals surface area contributed by atoms with Gasteiger partial charge in [0.1, 0.15) is 0 Å². The summed E-state index contributed by atoms with van der Waals surface area (Å²) in [6, 6.07) is 10.0. The summed E-state index contributed by atoms with van der Waals surface area (Å²) in [7, 11) is -3.44.